The largest absolute Gasteiger partial charge is 0.359 e. The summed E-state index contributed by atoms with van der Waals surface area (Å²) in [5.74, 6) is 1.49. The molecule has 1 aliphatic rings. The first-order valence-corrected chi connectivity index (χ1v) is 10.3. The second-order valence-electron chi connectivity index (χ2n) is 7.68. The van der Waals surface area contributed by atoms with Gasteiger partial charge in [0.2, 0.25) is 5.91 Å². The molecule has 1 aromatic carbocycles. The molecule has 0 unspecified atom stereocenters. The number of benzene rings is 1. The van der Waals surface area contributed by atoms with Crippen molar-refractivity contribution in [2.45, 2.75) is 39.7 Å². The summed E-state index contributed by atoms with van der Waals surface area (Å²) in [7, 11) is 3.53. The Kier molecular flexibility index (Phi) is 9.13. The fraction of sp³-hybridized carbons (Fsp3) is 0.500. The van der Waals surface area contributed by atoms with Crippen molar-refractivity contribution in [1.29, 1.82) is 0 Å². The van der Waals surface area contributed by atoms with Crippen molar-refractivity contribution >= 4 is 35.8 Å². The topological polar surface area (TPSA) is 74.5 Å². The van der Waals surface area contributed by atoms with Gasteiger partial charge in [0.05, 0.1) is 11.4 Å². The molecule has 30 heavy (non-hydrogen) atoms. The number of piperidine rings is 1. The Morgan fingerprint density at radius 2 is 1.93 bits per heavy atom. The van der Waals surface area contributed by atoms with Crippen LogP contribution in [-0.4, -0.2) is 53.7 Å². The van der Waals surface area contributed by atoms with Crippen LogP contribution in [0, 0.1) is 19.8 Å². The zero-order valence-corrected chi connectivity index (χ0v) is 20.6. The summed E-state index contributed by atoms with van der Waals surface area (Å²) in [6.07, 6.45) is 2.64. The van der Waals surface area contributed by atoms with Gasteiger partial charge < -0.3 is 15.5 Å². The number of aryl methyl sites for hydroxylation is 2. The van der Waals surface area contributed by atoms with E-state index in [1.807, 2.05) is 24.7 Å². The monoisotopic (exact) mass is 524 g/mol. The van der Waals surface area contributed by atoms with Crippen LogP contribution in [0.2, 0.25) is 0 Å². The predicted octanol–water partition coefficient (Wildman–Crippen LogP) is 3.03. The van der Waals surface area contributed by atoms with E-state index in [9.17, 15) is 4.79 Å². The van der Waals surface area contributed by atoms with E-state index in [1.165, 1.54) is 5.56 Å². The van der Waals surface area contributed by atoms with Crippen LogP contribution in [0.5, 0.6) is 0 Å². The molecule has 164 valence electrons. The zero-order valence-electron chi connectivity index (χ0n) is 18.3. The Hall–Kier alpha value is -2.10. The number of nitrogens with one attached hydrogen (secondary N) is 2. The van der Waals surface area contributed by atoms with Crippen molar-refractivity contribution < 1.29 is 4.79 Å². The van der Waals surface area contributed by atoms with E-state index < -0.39 is 0 Å². The number of rotatable bonds is 5. The number of carbonyl (C=O) groups excluding carboxylic acids is 1. The second kappa shape index (κ2) is 11.3. The number of carbonyl (C=O) groups is 1. The van der Waals surface area contributed by atoms with Crippen LogP contribution in [0.1, 0.15) is 36.2 Å². The van der Waals surface area contributed by atoms with Crippen LogP contribution in [0.25, 0.3) is 5.69 Å². The molecule has 0 atom stereocenters. The van der Waals surface area contributed by atoms with Crippen LogP contribution in [-0.2, 0) is 11.3 Å². The number of hydrogen-bond acceptors (Lipinski definition) is 3. The van der Waals surface area contributed by atoms with Gasteiger partial charge in [0.15, 0.2) is 5.96 Å². The van der Waals surface area contributed by atoms with E-state index >= 15 is 0 Å². The molecule has 7 nitrogen and oxygen atoms in total. The second-order valence-corrected chi connectivity index (χ2v) is 7.68. The van der Waals surface area contributed by atoms with Crippen LogP contribution in [0.3, 0.4) is 0 Å². The van der Waals surface area contributed by atoms with E-state index in [2.05, 4.69) is 56.8 Å². The maximum Gasteiger partial charge on any atom is 0.220 e. The molecular weight excluding hydrogens is 491 g/mol. The average molecular weight is 524 g/mol. The number of halogens is 1. The molecule has 0 saturated carbocycles. The Labute approximate surface area is 196 Å². The smallest absolute Gasteiger partial charge is 0.220 e. The first-order valence-electron chi connectivity index (χ1n) is 10.3. The van der Waals surface area contributed by atoms with Crippen LogP contribution in [0.15, 0.2) is 35.3 Å². The lowest BCUT2D eigenvalue weighted by atomic mass is 9.93. The summed E-state index contributed by atoms with van der Waals surface area (Å²) in [4.78, 5) is 18.4. The lowest BCUT2D eigenvalue weighted by Gasteiger charge is -2.34. The van der Waals surface area contributed by atoms with Crippen LogP contribution < -0.4 is 10.6 Å². The van der Waals surface area contributed by atoms with E-state index in [4.69, 9.17) is 0 Å². The Balaban J connectivity index is 0.00000320. The maximum absolute atomic E-state index is 11.6. The van der Waals surface area contributed by atoms with Gasteiger partial charge in [0.1, 0.15) is 0 Å². The Morgan fingerprint density at radius 3 is 2.53 bits per heavy atom. The standard InChI is InChI=1S/C22H32N6O.HI/c1-16-13-17(2)28(26-16)20-8-6-5-7-19(20)15-25-22(24-4)27-11-9-18(10-12-27)14-21(29)23-3;/h5-8,13,18H,9-12,14-15H2,1-4H3,(H,23,29)(H,24,25);1H. The Morgan fingerprint density at radius 1 is 1.23 bits per heavy atom. The van der Waals surface area contributed by atoms with Crippen molar-refractivity contribution in [2.75, 3.05) is 27.2 Å². The number of aliphatic imine (C=N–C) groups is 1. The van der Waals surface area contributed by atoms with E-state index in [0.29, 0.717) is 18.9 Å². The van der Waals surface area contributed by atoms with E-state index in [-0.39, 0.29) is 29.9 Å². The van der Waals surface area contributed by atoms with Crippen molar-refractivity contribution in [3.8, 4) is 5.69 Å². The molecule has 1 saturated heterocycles. The highest BCUT2D eigenvalue weighted by atomic mass is 127. The quantitative estimate of drug-likeness (QED) is 0.359. The summed E-state index contributed by atoms with van der Waals surface area (Å²) < 4.78 is 2.00. The van der Waals surface area contributed by atoms with Gasteiger partial charge in [-0.25, -0.2) is 4.68 Å². The molecule has 3 rings (SSSR count). The minimum atomic E-state index is 0. The van der Waals surface area contributed by atoms with Crippen molar-refractivity contribution in [3.63, 3.8) is 0 Å². The highest BCUT2D eigenvalue weighted by Gasteiger charge is 2.23. The normalized spacial score (nSPS) is 14.9. The van der Waals surface area contributed by atoms with Crippen LogP contribution >= 0.6 is 24.0 Å². The summed E-state index contributed by atoms with van der Waals surface area (Å²) in [6, 6.07) is 10.4. The summed E-state index contributed by atoms with van der Waals surface area (Å²) in [5, 5.41) is 10.9. The molecule has 2 N–H and O–H groups in total. The van der Waals surface area contributed by atoms with Gasteiger partial charge in [0, 0.05) is 45.8 Å². The lowest BCUT2D eigenvalue weighted by molar-refractivity contribution is -0.121. The van der Waals surface area contributed by atoms with Crippen LogP contribution in [0.4, 0.5) is 0 Å². The van der Waals surface area contributed by atoms with Crippen molar-refractivity contribution in [1.82, 2.24) is 25.3 Å². The number of guanidine groups is 1. The zero-order chi connectivity index (χ0) is 20.8. The summed E-state index contributed by atoms with van der Waals surface area (Å²) in [5.41, 5.74) is 4.40. The van der Waals surface area contributed by atoms with E-state index in [1.54, 1.807) is 7.05 Å². The minimum Gasteiger partial charge on any atom is -0.359 e. The third-order valence-electron chi connectivity index (χ3n) is 5.55. The predicted molar refractivity (Wildman–Crippen MR) is 132 cm³/mol. The average Bonchev–Trinajstić information content (AvgIpc) is 3.07. The van der Waals surface area contributed by atoms with Gasteiger partial charge in [-0.3, -0.25) is 9.79 Å². The third-order valence-corrected chi connectivity index (χ3v) is 5.55. The maximum atomic E-state index is 11.6. The number of aromatic nitrogens is 2. The number of hydrogen-bond donors (Lipinski definition) is 2. The number of nitrogens with zero attached hydrogens (tertiary/aromatic N) is 4. The molecular formula is C22H33IN6O. The molecule has 2 aromatic rings. The first kappa shape index (κ1) is 24.2. The summed E-state index contributed by atoms with van der Waals surface area (Å²) in [6.45, 7) is 6.60. The number of para-hydroxylation sites is 1. The fourth-order valence-corrected chi connectivity index (χ4v) is 3.96. The molecule has 0 aliphatic carbocycles. The van der Waals surface area contributed by atoms with Gasteiger partial charge in [0.25, 0.3) is 0 Å². The molecule has 1 fully saturated rings. The minimum absolute atomic E-state index is 0. The molecule has 0 bridgehead atoms. The molecule has 1 aliphatic heterocycles. The Bertz CT molecular complexity index is 870. The number of amides is 1. The molecule has 0 spiro atoms. The van der Waals surface area contributed by atoms with Crippen molar-refractivity contribution in [2.24, 2.45) is 10.9 Å². The number of likely N-dealkylation sites (tertiary alicyclic amines) is 1. The SMILES string of the molecule is CN=C(NCc1ccccc1-n1nc(C)cc1C)N1CCC(CC(=O)NC)CC1.I. The molecule has 1 amide bonds. The van der Waals surface area contributed by atoms with E-state index in [0.717, 1.165) is 49.0 Å². The highest BCUT2D eigenvalue weighted by molar-refractivity contribution is 14.0. The van der Waals surface area contributed by atoms with Gasteiger partial charge in [-0.05, 0) is 50.3 Å². The molecule has 1 aromatic heterocycles. The first-order chi connectivity index (χ1) is 14.0. The van der Waals surface area contributed by atoms with Gasteiger partial charge in [-0.15, -0.1) is 24.0 Å². The third kappa shape index (κ3) is 5.96. The molecule has 2 heterocycles. The van der Waals surface area contributed by atoms with Crippen molar-refractivity contribution in [3.05, 3.63) is 47.3 Å². The fourth-order valence-electron chi connectivity index (χ4n) is 3.96. The lowest BCUT2D eigenvalue weighted by Crippen LogP contribution is -2.45. The van der Waals surface area contributed by atoms with Gasteiger partial charge in [-0.2, -0.15) is 5.10 Å². The van der Waals surface area contributed by atoms with Gasteiger partial charge in [-0.1, -0.05) is 18.2 Å². The summed E-state index contributed by atoms with van der Waals surface area (Å²) >= 11 is 0. The highest BCUT2D eigenvalue weighted by Crippen LogP contribution is 2.21. The molecule has 0 radical (unpaired) electrons. The van der Waals surface area contributed by atoms with Gasteiger partial charge >= 0.3 is 0 Å². The molecule has 8 heteroatoms.